The van der Waals surface area contributed by atoms with Crippen molar-refractivity contribution in [2.45, 2.75) is 19.4 Å². The average molecular weight is 228 g/mol. The highest BCUT2D eigenvalue weighted by molar-refractivity contribution is 5.20. The minimum Gasteiger partial charge on any atom is -0.314 e. The van der Waals surface area contributed by atoms with E-state index >= 15 is 0 Å². The summed E-state index contributed by atoms with van der Waals surface area (Å²) in [7, 11) is 0. The van der Waals surface area contributed by atoms with Crippen molar-refractivity contribution in [2.24, 2.45) is 0 Å². The second kappa shape index (κ2) is 6.44. The Morgan fingerprint density at radius 3 is 2.94 bits per heavy atom. The molecular formula is C15H20N2. The van der Waals surface area contributed by atoms with E-state index in [1.165, 1.54) is 5.56 Å². The minimum absolute atomic E-state index is 0.503. The quantitative estimate of drug-likeness (QED) is 0.797. The number of nitrogens with one attached hydrogen (secondary N) is 1. The van der Waals surface area contributed by atoms with Gasteiger partial charge in [0, 0.05) is 38.6 Å². The molecule has 0 aromatic heterocycles. The molecule has 0 spiro atoms. The molecule has 1 unspecified atom stereocenters. The van der Waals surface area contributed by atoms with Gasteiger partial charge in [0.1, 0.15) is 0 Å². The highest BCUT2D eigenvalue weighted by Gasteiger charge is 2.22. The molecule has 2 heteroatoms. The smallest absolute Gasteiger partial charge is 0.0473 e. The topological polar surface area (TPSA) is 15.3 Å². The summed E-state index contributed by atoms with van der Waals surface area (Å²) < 4.78 is 0. The highest BCUT2D eigenvalue weighted by Crippen LogP contribution is 2.21. The van der Waals surface area contributed by atoms with Gasteiger partial charge in [0.05, 0.1) is 0 Å². The largest absolute Gasteiger partial charge is 0.314 e. The van der Waals surface area contributed by atoms with Gasteiger partial charge in [0.25, 0.3) is 0 Å². The van der Waals surface area contributed by atoms with Crippen LogP contribution in [0.15, 0.2) is 30.3 Å². The van der Waals surface area contributed by atoms with Gasteiger partial charge in [0.2, 0.25) is 0 Å². The molecule has 1 aromatic carbocycles. The van der Waals surface area contributed by atoms with Crippen LogP contribution in [0.3, 0.4) is 0 Å². The lowest BCUT2D eigenvalue weighted by Crippen LogP contribution is -2.46. The van der Waals surface area contributed by atoms with Gasteiger partial charge in [0.15, 0.2) is 0 Å². The zero-order chi connectivity index (χ0) is 11.9. The Morgan fingerprint density at radius 1 is 1.35 bits per heavy atom. The van der Waals surface area contributed by atoms with Gasteiger partial charge >= 0.3 is 0 Å². The molecule has 2 rings (SSSR count). The molecule has 1 fully saturated rings. The SMILES string of the molecule is CC#CCCN1CCNCC1c1ccccc1. The first-order valence-corrected chi connectivity index (χ1v) is 6.31. The second-order valence-corrected chi connectivity index (χ2v) is 4.34. The molecule has 1 aliphatic heterocycles. The summed E-state index contributed by atoms with van der Waals surface area (Å²) in [5.74, 6) is 6.13. The number of piperazine rings is 1. The maximum absolute atomic E-state index is 3.48. The molecule has 90 valence electrons. The summed E-state index contributed by atoms with van der Waals surface area (Å²) in [6.45, 7) is 6.23. The van der Waals surface area contributed by atoms with E-state index in [0.717, 1.165) is 32.6 Å². The molecule has 17 heavy (non-hydrogen) atoms. The first-order valence-electron chi connectivity index (χ1n) is 6.31. The van der Waals surface area contributed by atoms with Gasteiger partial charge in [-0.25, -0.2) is 0 Å². The van der Waals surface area contributed by atoms with E-state index < -0.39 is 0 Å². The van der Waals surface area contributed by atoms with Crippen molar-refractivity contribution in [1.29, 1.82) is 0 Å². The molecule has 0 radical (unpaired) electrons. The Balaban J connectivity index is 2.03. The lowest BCUT2D eigenvalue weighted by molar-refractivity contribution is 0.166. The molecule has 0 saturated carbocycles. The first-order chi connectivity index (χ1) is 8.42. The fourth-order valence-corrected chi connectivity index (χ4v) is 2.34. The molecule has 1 aromatic rings. The van der Waals surface area contributed by atoms with E-state index in [4.69, 9.17) is 0 Å². The Bertz CT molecular complexity index is 388. The number of nitrogens with zero attached hydrogens (tertiary/aromatic N) is 1. The van der Waals surface area contributed by atoms with Crippen molar-refractivity contribution in [3.8, 4) is 11.8 Å². The van der Waals surface area contributed by atoms with Crippen LogP contribution in [0.4, 0.5) is 0 Å². The van der Waals surface area contributed by atoms with Crippen LogP contribution in [0.25, 0.3) is 0 Å². The maximum atomic E-state index is 3.48. The third-order valence-electron chi connectivity index (χ3n) is 3.24. The van der Waals surface area contributed by atoms with Crippen molar-refractivity contribution in [1.82, 2.24) is 10.2 Å². The van der Waals surface area contributed by atoms with E-state index in [2.05, 4.69) is 52.4 Å². The van der Waals surface area contributed by atoms with Crippen LogP contribution in [0, 0.1) is 11.8 Å². The second-order valence-electron chi connectivity index (χ2n) is 4.34. The van der Waals surface area contributed by atoms with Crippen LogP contribution in [-0.2, 0) is 0 Å². The Morgan fingerprint density at radius 2 is 2.18 bits per heavy atom. The molecule has 0 bridgehead atoms. The summed E-state index contributed by atoms with van der Waals surface area (Å²) >= 11 is 0. The van der Waals surface area contributed by atoms with E-state index in [9.17, 15) is 0 Å². The van der Waals surface area contributed by atoms with Crippen LogP contribution in [0.5, 0.6) is 0 Å². The van der Waals surface area contributed by atoms with E-state index in [-0.39, 0.29) is 0 Å². The number of hydrogen-bond donors (Lipinski definition) is 1. The summed E-state index contributed by atoms with van der Waals surface area (Å²) in [4.78, 5) is 2.54. The lowest BCUT2D eigenvalue weighted by atomic mass is 10.0. The molecule has 0 amide bonds. The Labute approximate surface area is 104 Å². The van der Waals surface area contributed by atoms with Crippen molar-refractivity contribution in [3.05, 3.63) is 35.9 Å². The minimum atomic E-state index is 0.503. The van der Waals surface area contributed by atoms with Crippen molar-refractivity contribution in [3.63, 3.8) is 0 Å². The molecule has 1 N–H and O–H groups in total. The zero-order valence-corrected chi connectivity index (χ0v) is 10.4. The summed E-state index contributed by atoms with van der Waals surface area (Å²) in [6, 6.07) is 11.3. The standard InChI is InChI=1S/C15H20N2/c1-2-3-7-11-17-12-10-16-13-15(17)14-8-5-4-6-9-14/h4-6,8-9,15-16H,7,10-13H2,1H3. The van der Waals surface area contributed by atoms with Crippen molar-refractivity contribution < 1.29 is 0 Å². The zero-order valence-electron chi connectivity index (χ0n) is 10.4. The summed E-state index contributed by atoms with van der Waals surface area (Å²) in [5, 5.41) is 3.48. The third kappa shape index (κ3) is 3.33. The molecule has 0 aliphatic carbocycles. The van der Waals surface area contributed by atoms with Crippen LogP contribution < -0.4 is 5.32 Å². The molecular weight excluding hydrogens is 208 g/mol. The summed E-state index contributed by atoms with van der Waals surface area (Å²) in [5.41, 5.74) is 1.41. The number of benzene rings is 1. The maximum Gasteiger partial charge on any atom is 0.0473 e. The van der Waals surface area contributed by atoms with E-state index in [1.54, 1.807) is 0 Å². The third-order valence-corrected chi connectivity index (χ3v) is 3.24. The molecule has 1 heterocycles. The van der Waals surface area contributed by atoms with Crippen molar-refractivity contribution in [2.75, 3.05) is 26.2 Å². The summed E-state index contributed by atoms with van der Waals surface area (Å²) in [6.07, 6.45) is 0.972. The van der Waals surface area contributed by atoms with Crippen LogP contribution in [0.1, 0.15) is 24.9 Å². The van der Waals surface area contributed by atoms with E-state index in [0.29, 0.717) is 6.04 Å². The Kier molecular flexibility index (Phi) is 4.61. The van der Waals surface area contributed by atoms with Gasteiger partial charge in [-0.05, 0) is 12.5 Å². The van der Waals surface area contributed by atoms with E-state index in [1.807, 2.05) is 6.92 Å². The average Bonchev–Trinajstić information content (AvgIpc) is 2.41. The van der Waals surface area contributed by atoms with Crippen molar-refractivity contribution >= 4 is 0 Å². The number of rotatable bonds is 3. The Hall–Kier alpha value is -1.30. The van der Waals surface area contributed by atoms with Gasteiger partial charge in [-0.2, -0.15) is 0 Å². The fourth-order valence-electron chi connectivity index (χ4n) is 2.34. The van der Waals surface area contributed by atoms with Crippen LogP contribution in [-0.4, -0.2) is 31.1 Å². The monoisotopic (exact) mass is 228 g/mol. The van der Waals surface area contributed by atoms with Gasteiger partial charge in [-0.15, -0.1) is 11.8 Å². The normalized spacial score (nSPS) is 20.6. The lowest BCUT2D eigenvalue weighted by Gasteiger charge is -2.36. The van der Waals surface area contributed by atoms with Gasteiger partial charge < -0.3 is 5.32 Å². The predicted octanol–water partition coefficient (Wildman–Crippen LogP) is 2.05. The molecule has 1 aliphatic rings. The molecule has 2 nitrogen and oxygen atoms in total. The van der Waals surface area contributed by atoms with Crippen LogP contribution in [0.2, 0.25) is 0 Å². The first kappa shape index (κ1) is 12.2. The highest BCUT2D eigenvalue weighted by atomic mass is 15.2. The molecule has 1 atom stereocenters. The van der Waals surface area contributed by atoms with Gasteiger partial charge in [-0.3, -0.25) is 4.90 Å². The van der Waals surface area contributed by atoms with Gasteiger partial charge in [-0.1, -0.05) is 30.3 Å². The molecule has 1 saturated heterocycles. The number of hydrogen-bond acceptors (Lipinski definition) is 2. The fraction of sp³-hybridized carbons (Fsp3) is 0.467. The van der Waals surface area contributed by atoms with Crippen LogP contribution >= 0.6 is 0 Å². The predicted molar refractivity (Wildman–Crippen MR) is 71.7 cm³/mol.